The molecule has 0 aliphatic rings. The minimum absolute atomic E-state index is 0.683. The minimum atomic E-state index is 0.683. The van der Waals surface area contributed by atoms with Crippen LogP contribution in [-0.4, -0.2) is 5.21 Å². The highest BCUT2D eigenvalue weighted by Crippen LogP contribution is 2.06. The second-order valence-electron chi connectivity index (χ2n) is 1.81. The van der Waals surface area contributed by atoms with Gasteiger partial charge >= 0.3 is 0 Å². The van der Waals surface area contributed by atoms with Crippen LogP contribution in [0, 0.1) is 6.92 Å². The molecule has 2 heteroatoms. The van der Waals surface area contributed by atoms with Gasteiger partial charge in [-0.25, -0.2) is 0 Å². The Kier molecular flexibility index (Phi) is 1.70. The Balaban J connectivity index is 2.88. The van der Waals surface area contributed by atoms with Crippen LogP contribution in [0.5, 0.6) is 0 Å². The highest BCUT2D eigenvalue weighted by atomic mass is 16.5. The molecule has 1 rings (SSSR count). The summed E-state index contributed by atoms with van der Waals surface area (Å²) in [5.41, 5.74) is 3.65. The molecule has 2 nitrogen and oxygen atoms in total. The maximum atomic E-state index is 8.36. The number of hydrogen-bond acceptors (Lipinski definition) is 2. The lowest BCUT2D eigenvalue weighted by molar-refractivity contribution is 0.389. The topological polar surface area (TPSA) is 32.3 Å². The molecule has 9 heavy (non-hydrogen) atoms. The summed E-state index contributed by atoms with van der Waals surface area (Å²) in [7, 11) is 0. The van der Waals surface area contributed by atoms with Gasteiger partial charge in [0.2, 0.25) is 0 Å². The molecule has 0 aliphatic carbocycles. The summed E-state index contributed by atoms with van der Waals surface area (Å²) in [6.07, 6.45) is 0. The van der Waals surface area contributed by atoms with Crippen LogP contribution >= 0.6 is 0 Å². The van der Waals surface area contributed by atoms with E-state index in [9.17, 15) is 0 Å². The first-order valence-electron chi connectivity index (χ1n) is 2.65. The van der Waals surface area contributed by atoms with E-state index in [0.29, 0.717) is 5.69 Å². The van der Waals surface area contributed by atoms with Gasteiger partial charge in [-0.2, -0.15) is 0 Å². The van der Waals surface area contributed by atoms with Crippen LogP contribution in [-0.2, 0) is 0 Å². The fourth-order valence-corrected chi connectivity index (χ4v) is 0.579. The highest BCUT2D eigenvalue weighted by molar-refractivity contribution is 5.42. The van der Waals surface area contributed by atoms with E-state index in [0.717, 1.165) is 5.56 Å². The Morgan fingerprint density at radius 3 is 2.22 bits per heavy atom. The van der Waals surface area contributed by atoms with Gasteiger partial charge in [0, 0.05) is 0 Å². The molecule has 0 bridgehead atoms. The van der Waals surface area contributed by atoms with Gasteiger partial charge in [0.25, 0.3) is 0 Å². The standard InChI is InChI=1S/C7H8NO/c1-6-2-4-7(8-9)5-3-6/h2-5,8-9H,1H2. The zero-order chi connectivity index (χ0) is 6.69. The first kappa shape index (κ1) is 6.11. The van der Waals surface area contributed by atoms with Gasteiger partial charge in [-0.05, 0) is 24.6 Å². The fourth-order valence-electron chi connectivity index (χ4n) is 0.579. The van der Waals surface area contributed by atoms with E-state index in [1.54, 1.807) is 12.1 Å². The monoisotopic (exact) mass is 122 g/mol. The lowest BCUT2D eigenvalue weighted by Crippen LogP contribution is -1.87. The highest BCUT2D eigenvalue weighted by Gasteiger charge is 1.84. The number of anilines is 1. The molecule has 1 radical (unpaired) electrons. The quantitative estimate of drug-likeness (QED) is 0.555. The lowest BCUT2D eigenvalue weighted by atomic mass is 10.2. The summed E-state index contributed by atoms with van der Waals surface area (Å²) < 4.78 is 0. The SMILES string of the molecule is [CH2]c1ccc(NO)cc1. The summed E-state index contributed by atoms with van der Waals surface area (Å²) in [5.74, 6) is 0. The maximum Gasteiger partial charge on any atom is 0.0602 e. The predicted molar refractivity (Wildman–Crippen MR) is 36.3 cm³/mol. The molecule has 0 spiro atoms. The molecule has 2 N–H and O–H groups in total. The van der Waals surface area contributed by atoms with Crippen molar-refractivity contribution in [2.45, 2.75) is 0 Å². The van der Waals surface area contributed by atoms with E-state index in [4.69, 9.17) is 5.21 Å². The minimum Gasteiger partial charge on any atom is -0.291 e. The molecule has 1 aromatic rings. The molecule has 0 aliphatic heterocycles. The van der Waals surface area contributed by atoms with Gasteiger partial charge in [0.15, 0.2) is 0 Å². The molecule has 1 aromatic carbocycles. The van der Waals surface area contributed by atoms with Crippen molar-refractivity contribution < 1.29 is 5.21 Å². The third kappa shape index (κ3) is 1.44. The van der Waals surface area contributed by atoms with E-state index >= 15 is 0 Å². The second-order valence-corrected chi connectivity index (χ2v) is 1.81. The Morgan fingerprint density at radius 2 is 1.78 bits per heavy atom. The Hall–Kier alpha value is -1.02. The Morgan fingerprint density at radius 1 is 1.22 bits per heavy atom. The van der Waals surface area contributed by atoms with Crippen LogP contribution in [0.25, 0.3) is 0 Å². The van der Waals surface area contributed by atoms with Crippen molar-refractivity contribution in [3.05, 3.63) is 36.8 Å². The number of hydrogen-bond donors (Lipinski definition) is 2. The van der Waals surface area contributed by atoms with Crippen molar-refractivity contribution in [3.8, 4) is 0 Å². The molecule has 0 amide bonds. The van der Waals surface area contributed by atoms with Crippen molar-refractivity contribution in [1.29, 1.82) is 0 Å². The third-order valence-corrected chi connectivity index (χ3v) is 1.08. The number of benzene rings is 1. The molecule has 0 fully saturated rings. The predicted octanol–water partition coefficient (Wildman–Crippen LogP) is 1.67. The summed E-state index contributed by atoms with van der Waals surface area (Å²) >= 11 is 0. The normalized spacial score (nSPS) is 9.11. The maximum absolute atomic E-state index is 8.36. The van der Waals surface area contributed by atoms with Crippen molar-refractivity contribution >= 4 is 5.69 Å². The number of nitrogens with one attached hydrogen (secondary N) is 1. The van der Waals surface area contributed by atoms with Crippen molar-refractivity contribution in [2.24, 2.45) is 0 Å². The van der Waals surface area contributed by atoms with E-state index in [-0.39, 0.29) is 0 Å². The van der Waals surface area contributed by atoms with Gasteiger partial charge in [-0.1, -0.05) is 12.1 Å². The van der Waals surface area contributed by atoms with Crippen molar-refractivity contribution in [2.75, 3.05) is 5.48 Å². The smallest absolute Gasteiger partial charge is 0.0602 e. The average Bonchev–Trinajstić information content (AvgIpc) is 1.90. The Bertz CT molecular complexity index is 181. The van der Waals surface area contributed by atoms with Crippen LogP contribution < -0.4 is 5.48 Å². The molecule has 0 aromatic heterocycles. The Labute approximate surface area is 54.1 Å². The largest absolute Gasteiger partial charge is 0.291 e. The fraction of sp³-hybridized carbons (Fsp3) is 0. The van der Waals surface area contributed by atoms with Crippen molar-refractivity contribution in [3.63, 3.8) is 0 Å². The molecule has 0 saturated carbocycles. The molecule has 0 heterocycles. The van der Waals surface area contributed by atoms with E-state index in [1.807, 2.05) is 17.6 Å². The van der Waals surface area contributed by atoms with Gasteiger partial charge in [0.05, 0.1) is 5.69 Å². The van der Waals surface area contributed by atoms with E-state index in [2.05, 4.69) is 6.92 Å². The number of rotatable bonds is 1. The molecule has 0 atom stereocenters. The molecular weight excluding hydrogens is 114 g/mol. The first-order valence-corrected chi connectivity index (χ1v) is 2.65. The summed E-state index contributed by atoms with van der Waals surface area (Å²) in [6, 6.07) is 7.14. The van der Waals surface area contributed by atoms with Crippen molar-refractivity contribution in [1.82, 2.24) is 0 Å². The second kappa shape index (κ2) is 2.51. The van der Waals surface area contributed by atoms with Gasteiger partial charge in [-0.3, -0.25) is 10.7 Å². The van der Waals surface area contributed by atoms with E-state index in [1.165, 1.54) is 0 Å². The molecule has 0 saturated heterocycles. The van der Waals surface area contributed by atoms with Crippen LogP contribution in [0.15, 0.2) is 24.3 Å². The van der Waals surface area contributed by atoms with Crippen LogP contribution in [0.4, 0.5) is 5.69 Å². The molecule has 47 valence electrons. The van der Waals surface area contributed by atoms with Crippen LogP contribution in [0.2, 0.25) is 0 Å². The molecular formula is C7H8NO. The van der Waals surface area contributed by atoms with Gasteiger partial charge in [0.1, 0.15) is 0 Å². The summed E-state index contributed by atoms with van der Waals surface area (Å²) in [6.45, 7) is 3.69. The third-order valence-electron chi connectivity index (χ3n) is 1.08. The summed E-state index contributed by atoms with van der Waals surface area (Å²) in [5, 5.41) is 8.36. The first-order chi connectivity index (χ1) is 4.33. The van der Waals surface area contributed by atoms with Gasteiger partial charge in [-0.15, -0.1) is 0 Å². The van der Waals surface area contributed by atoms with Crippen LogP contribution in [0.1, 0.15) is 5.56 Å². The average molecular weight is 122 g/mol. The zero-order valence-corrected chi connectivity index (χ0v) is 4.96. The summed E-state index contributed by atoms with van der Waals surface area (Å²) in [4.78, 5) is 0. The lowest BCUT2D eigenvalue weighted by Gasteiger charge is -1.96. The van der Waals surface area contributed by atoms with Crippen LogP contribution in [0.3, 0.4) is 0 Å². The van der Waals surface area contributed by atoms with E-state index < -0.39 is 0 Å². The molecule has 0 unspecified atom stereocenters. The zero-order valence-electron chi connectivity index (χ0n) is 4.96. The van der Waals surface area contributed by atoms with Gasteiger partial charge < -0.3 is 0 Å².